The van der Waals surface area contributed by atoms with Crippen LogP contribution in [0.15, 0.2) is 42.5 Å². The SMILES string of the molecule is Cc1cccc(C)c1N1C[C@H](C(=O)OCC(=O)c2ccc([N+](=O)[O-])cc2)CC1=O. The zero-order valence-corrected chi connectivity index (χ0v) is 16.1. The number of anilines is 1. The molecule has 1 aliphatic heterocycles. The second kappa shape index (κ2) is 8.22. The molecule has 8 heteroatoms. The number of non-ortho nitro benzene ring substituents is 1. The minimum atomic E-state index is -0.647. The van der Waals surface area contributed by atoms with Crippen molar-refractivity contribution < 1.29 is 24.0 Å². The smallest absolute Gasteiger partial charge is 0.311 e. The molecule has 1 atom stereocenters. The highest BCUT2D eigenvalue weighted by atomic mass is 16.6. The third-order valence-electron chi connectivity index (χ3n) is 4.91. The Morgan fingerprint density at radius 3 is 2.34 bits per heavy atom. The topological polar surface area (TPSA) is 107 Å². The van der Waals surface area contributed by atoms with Crippen molar-refractivity contribution in [3.8, 4) is 0 Å². The Labute approximate surface area is 167 Å². The first kappa shape index (κ1) is 20.2. The molecule has 1 aliphatic rings. The zero-order chi connectivity index (χ0) is 21.1. The van der Waals surface area contributed by atoms with Crippen molar-refractivity contribution in [2.45, 2.75) is 20.3 Å². The molecule has 8 nitrogen and oxygen atoms in total. The Hall–Kier alpha value is -3.55. The molecule has 1 saturated heterocycles. The minimum Gasteiger partial charge on any atom is -0.457 e. The van der Waals surface area contributed by atoms with Crippen LogP contribution in [0.5, 0.6) is 0 Å². The maximum absolute atomic E-state index is 12.4. The van der Waals surface area contributed by atoms with E-state index in [1.807, 2.05) is 32.0 Å². The van der Waals surface area contributed by atoms with E-state index >= 15 is 0 Å². The summed E-state index contributed by atoms with van der Waals surface area (Å²) in [5.41, 5.74) is 2.77. The molecule has 1 amide bonds. The van der Waals surface area contributed by atoms with E-state index in [9.17, 15) is 24.5 Å². The van der Waals surface area contributed by atoms with Crippen molar-refractivity contribution in [1.82, 2.24) is 0 Å². The number of hydrogen-bond donors (Lipinski definition) is 0. The number of benzene rings is 2. The van der Waals surface area contributed by atoms with Crippen LogP contribution in [0.2, 0.25) is 0 Å². The first-order valence-electron chi connectivity index (χ1n) is 9.09. The number of carbonyl (C=O) groups is 3. The van der Waals surface area contributed by atoms with E-state index in [4.69, 9.17) is 4.74 Å². The average Bonchev–Trinajstić information content (AvgIpc) is 3.07. The van der Waals surface area contributed by atoms with E-state index < -0.39 is 29.2 Å². The number of ether oxygens (including phenoxy) is 1. The first-order chi connectivity index (χ1) is 13.8. The molecule has 0 spiro atoms. The van der Waals surface area contributed by atoms with Crippen LogP contribution in [0.25, 0.3) is 0 Å². The van der Waals surface area contributed by atoms with E-state index in [-0.39, 0.29) is 30.1 Å². The number of nitro benzene ring substituents is 1. The highest BCUT2D eigenvalue weighted by molar-refractivity contribution is 6.01. The Bertz CT molecular complexity index is 963. The van der Waals surface area contributed by atoms with Crippen LogP contribution in [0.3, 0.4) is 0 Å². The van der Waals surface area contributed by atoms with E-state index in [0.29, 0.717) is 0 Å². The number of hydrogen-bond acceptors (Lipinski definition) is 6. The molecule has 0 saturated carbocycles. The molecule has 0 radical (unpaired) electrons. The Morgan fingerprint density at radius 2 is 1.76 bits per heavy atom. The average molecular weight is 396 g/mol. The Morgan fingerprint density at radius 1 is 1.14 bits per heavy atom. The normalized spacial score (nSPS) is 16.0. The summed E-state index contributed by atoms with van der Waals surface area (Å²) in [5, 5.41) is 10.7. The number of Topliss-reactive ketones (excluding diaryl/α,β-unsaturated/α-hetero) is 1. The number of nitro groups is 1. The predicted octanol–water partition coefficient (Wildman–Crippen LogP) is 2.99. The summed E-state index contributed by atoms with van der Waals surface area (Å²) in [6.45, 7) is 3.54. The fourth-order valence-electron chi connectivity index (χ4n) is 3.42. The number of esters is 1. The van der Waals surface area contributed by atoms with E-state index in [1.54, 1.807) is 4.90 Å². The lowest BCUT2D eigenvalue weighted by atomic mass is 10.1. The molecule has 2 aromatic rings. The van der Waals surface area contributed by atoms with Crippen LogP contribution in [0.4, 0.5) is 11.4 Å². The number of ketones is 1. The van der Waals surface area contributed by atoms with Gasteiger partial charge in [0.2, 0.25) is 5.91 Å². The van der Waals surface area contributed by atoms with Crippen LogP contribution >= 0.6 is 0 Å². The van der Waals surface area contributed by atoms with Crippen molar-refractivity contribution in [3.05, 3.63) is 69.3 Å². The summed E-state index contributed by atoms with van der Waals surface area (Å²) in [6.07, 6.45) is 0.0261. The monoisotopic (exact) mass is 396 g/mol. The molecular formula is C21H20N2O6. The van der Waals surface area contributed by atoms with Gasteiger partial charge in [-0.05, 0) is 37.1 Å². The molecule has 1 fully saturated rings. The lowest BCUT2D eigenvalue weighted by Crippen LogP contribution is -2.28. The summed E-state index contributed by atoms with van der Waals surface area (Å²) in [6, 6.07) is 10.8. The van der Waals surface area contributed by atoms with Gasteiger partial charge >= 0.3 is 5.97 Å². The summed E-state index contributed by atoms with van der Waals surface area (Å²) >= 11 is 0. The molecule has 3 rings (SSSR count). The van der Waals surface area contributed by atoms with Gasteiger partial charge in [-0.15, -0.1) is 0 Å². The van der Waals surface area contributed by atoms with E-state index in [2.05, 4.69) is 0 Å². The van der Waals surface area contributed by atoms with Gasteiger partial charge in [-0.3, -0.25) is 24.5 Å². The molecule has 0 aliphatic carbocycles. The molecule has 29 heavy (non-hydrogen) atoms. The first-order valence-corrected chi connectivity index (χ1v) is 9.09. The second-order valence-electron chi connectivity index (χ2n) is 6.98. The molecular weight excluding hydrogens is 376 g/mol. The maximum atomic E-state index is 12.4. The molecule has 0 unspecified atom stereocenters. The summed E-state index contributed by atoms with van der Waals surface area (Å²) < 4.78 is 5.11. The molecule has 150 valence electrons. The highest BCUT2D eigenvalue weighted by Gasteiger charge is 2.37. The third-order valence-corrected chi connectivity index (χ3v) is 4.91. The maximum Gasteiger partial charge on any atom is 0.311 e. The lowest BCUT2D eigenvalue weighted by Gasteiger charge is -2.21. The van der Waals surface area contributed by atoms with Crippen molar-refractivity contribution in [2.24, 2.45) is 5.92 Å². The van der Waals surface area contributed by atoms with Crippen LogP contribution in [0, 0.1) is 29.9 Å². The molecule has 2 aromatic carbocycles. The summed E-state index contributed by atoms with van der Waals surface area (Å²) in [4.78, 5) is 48.7. The quantitative estimate of drug-likeness (QED) is 0.322. The third kappa shape index (κ3) is 4.31. The van der Waals surface area contributed by atoms with Gasteiger partial charge in [0.15, 0.2) is 12.4 Å². The van der Waals surface area contributed by atoms with Gasteiger partial charge in [-0.2, -0.15) is 0 Å². The lowest BCUT2D eigenvalue weighted by molar-refractivity contribution is -0.384. The second-order valence-corrected chi connectivity index (χ2v) is 6.98. The van der Waals surface area contributed by atoms with Gasteiger partial charge in [-0.1, -0.05) is 18.2 Å². The van der Waals surface area contributed by atoms with Crippen LogP contribution in [-0.2, 0) is 14.3 Å². The Kier molecular flexibility index (Phi) is 5.72. The van der Waals surface area contributed by atoms with Crippen LogP contribution in [-0.4, -0.2) is 35.7 Å². The molecule has 0 N–H and O–H groups in total. The number of rotatable bonds is 6. The van der Waals surface area contributed by atoms with Crippen molar-refractivity contribution in [2.75, 3.05) is 18.1 Å². The van der Waals surface area contributed by atoms with E-state index in [0.717, 1.165) is 16.8 Å². The molecule has 1 heterocycles. The van der Waals surface area contributed by atoms with Gasteiger partial charge in [0.05, 0.1) is 10.8 Å². The van der Waals surface area contributed by atoms with Crippen LogP contribution in [0.1, 0.15) is 27.9 Å². The van der Waals surface area contributed by atoms with Crippen LogP contribution < -0.4 is 4.90 Å². The van der Waals surface area contributed by atoms with E-state index in [1.165, 1.54) is 24.3 Å². The van der Waals surface area contributed by atoms with Crippen molar-refractivity contribution in [1.29, 1.82) is 0 Å². The number of para-hydroxylation sites is 1. The van der Waals surface area contributed by atoms with Gasteiger partial charge < -0.3 is 9.64 Å². The predicted molar refractivity (Wildman–Crippen MR) is 105 cm³/mol. The number of carbonyl (C=O) groups excluding carboxylic acids is 3. The summed E-state index contributed by atoms with van der Waals surface area (Å²) in [5.74, 6) is -1.89. The minimum absolute atomic E-state index is 0.0261. The standard InChI is InChI=1S/C21H20N2O6/c1-13-4-3-5-14(2)20(13)22-11-16(10-19(22)25)21(26)29-12-18(24)15-6-8-17(9-7-15)23(27)28/h3-9,16H,10-12H2,1-2H3/t16-/m1/s1. The van der Waals surface area contributed by atoms with Gasteiger partial charge in [0.1, 0.15) is 0 Å². The van der Waals surface area contributed by atoms with Gasteiger partial charge in [0, 0.05) is 36.3 Å². The fourth-order valence-corrected chi connectivity index (χ4v) is 3.42. The van der Waals surface area contributed by atoms with Crippen molar-refractivity contribution >= 4 is 29.0 Å². The summed E-state index contributed by atoms with van der Waals surface area (Å²) in [7, 11) is 0. The zero-order valence-electron chi connectivity index (χ0n) is 16.1. The Balaban J connectivity index is 1.61. The highest BCUT2D eigenvalue weighted by Crippen LogP contribution is 2.31. The van der Waals surface area contributed by atoms with Gasteiger partial charge in [0.25, 0.3) is 5.69 Å². The number of aryl methyl sites for hydroxylation is 2. The number of amides is 1. The number of nitrogens with zero attached hydrogens (tertiary/aromatic N) is 2. The largest absolute Gasteiger partial charge is 0.457 e. The molecule has 0 bridgehead atoms. The fraction of sp³-hybridized carbons (Fsp3) is 0.286. The van der Waals surface area contributed by atoms with Crippen molar-refractivity contribution in [3.63, 3.8) is 0 Å². The molecule has 0 aromatic heterocycles. The van der Waals surface area contributed by atoms with Gasteiger partial charge in [-0.25, -0.2) is 0 Å².